The van der Waals surface area contributed by atoms with Crippen LogP contribution >= 0.6 is 23.2 Å². The summed E-state index contributed by atoms with van der Waals surface area (Å²) >= 11 is 12.4. The topological polar surface area (TPSA) is 94.9 Å². The first kappa shape index (κ1) is 29.0. The highest BCUT2D eigenvalue weighted by Crippen LogP contribution is 2.60. The molecule has 3 aromatic carbocycles. The van der Waals surface area contributed by atoms with Crippen molar-refractivity contribution in [3.63, 3.8) is 0 Å². The van der Waals surface area contributed by atoms with Crippen LogP contribution in [-0.4, -0.2) is 42.3 Å². The van der Waals surface area contributed by atoms with E-state index in [1.54, 1.807) is 36.4 Å². The number of carbonyl (C=O) groups excluding carboxylic acids is 1. The van der Waals surface area contributed by atoms with Gasteiger partial charge in [-0.15, -0.1) is 0 Å². The van der Waals surface area contributed by atoms with Gasteiger partial charge in [-0.25, -0.2) is 12.8 Å². The minimum atomic E-state index is -3.74. The molecule has 5 rings (SSSR count). The lowest BCUT2D eigenvalue weighted by Gasteiger charge is -2.42. The molecule has 1 saturated carbocycles. The molecule has 1 aliphatic carbocycles. The molecular weight excluding hydrogens is 576 g/mol. The monoisotopic (exact) mass is 605 g/mol. The predicted octanol–water partition coefficient (Wildman–Crippen LogP) is 5.83. The van der Waals surface area contributed by atoms with Crippen LogP contribution in [0.15, 0.2) is 59.5 Å². The molecule has 212 valence electrons. The highest BCUT2D eigenvalue weighted by molar-refractivity contribution is 7.90. The number of halogens is 3. The maximum atomic E-state index is 16.4. The summed E-state index contributed by atoms with van der Waals surface area (Å²) in [5, 5.41) is 21.7. The van der Waals surface area contributed by atoms with Crippen LogP contribution in [-0.2, 0) is 27.5 Å². The van der Waals surface area contributed by atoms with Crippen molar-refractivity contribution in [2.24, 2.45) is 5.41 Å². The molecular formula is C30H30Cl2FNO5S. The molecule has 0 aromatic heterocycles. The van der Waals surface area contributed by atoms with Gasteiger partial charge < -0.3 is 15.1 Å². The maximum absolute atomic E-state index is 16.4. The van der Waals surface area contributed by atoms with E-state index >= 15 is 4.39 Å². The second-order valence-corrected chi connectivity index (χ2v) is 14.4. The van der Waals surface area contributed by atoms with E-state index in [2.05, 4.69) is 0 Å². The Bertz CT molecular complexity index is 1610. The van der Waals surface area contributed by atoms with Crippen molar-refractivity contribution in [1.82, 2.24) is 4.90 Å². The fourth-order valence-electron chi connectivity index (χ4n) is 5.81. The van der Waals surface area contributed by atoms with Crippen LogP contribution in [0.4, 0.5) is 4.39 Å². The second kappa shape index (κ2) is 9.81. The summed E-state index contributed by atoms with van der Waals surface area (Å²) in [7, 11) is -3.74. The summed E-state index contributed by atoms with van der Waals surface area (Å²) in [6.45, 7) is 2.69. The van der Waals surface area contributed by atoms with E-state index in [-0.39, 0.29) is 46.2 Å². The Hall–Kier alpha value is -2.49. The molecule has 3 aromatic rings. The van der Waals surface area contributed by atoms with Gasteiger partial charge in [0.1, 0.15) is 5.82 Å². The van der Waals surface area contributed by atoms with Crippen LogP contribution in [0, 0.1) is 11.2 Å². The highest BCUT2D eigenvalue weighted by atomic mass is 35.5. The Morgan fingerprint density at radius 3 is 2.20 bits per heavy atom. The maximum Gasteiger partial charge on any atom is 0.255 e. The van der Waals surface area contributed by atoms with Gasteiger partial charge in [0, 0.05) is 40.6 Å². The zero-order chi connectivity index (χ0) is 29.3. The van der Waals surface area contributed by atoms with Crippen molar-refractivity contribution in [3.8, 4) is 0 Å². The summed E-state index contributed by atoms with van der Waals surface area (Å²) in [5.41, 5.74) is -2.03. The minimum Gasteiger partial charge on any atom is -0.396 e. The van der Waals surface area contributed by atoms with Gasteiger partial charge >= 0.3 is 0 Å². The van der Waals surface area contributed by atoms with E-state index < -0.39 is 38.1 Å². The number of aliphatic hydroxyl groups is 2. The third-order valence-electron chi connectivity index (χ3n) is 8.15. The third-order valence-corrected chi connectivity index (χ3v) is 9.81. The first-order valence-corrected chi connectivity index (χ1v) is 15.5. The van der Waals surface area contributed by atoms with Gasteiger partial charge in [-0.3, -0.25) is 4.79 Å². The first-order valence-electron chi connectivity index (χ1n) is 12.9. The highest BCUT2D eigenvalue weighted by Gasteiger charge is 2.59. The summed E-state index contributed by atoms with van der Waals surface area (Å²) < 4.78 is 41.8. The lowest BCUT2D eigenvalue weighted by atomic mass is 9.74. The van der Waals surface area contributed by atoms with Crippen LogP contribution in [0.2, 0.25) is 10.0 Å². The van der Waals surface area contributed by atoms with Crippen molar-refractivity contribution in [2.45, 2.75) is 55.7 Å². The van der Waals surface area contributed by atoms with E-state index in [0.717, 1.165) is 6.26 Å². The molecule has 0 radical (unpaired) electrons. The van der Waals surface area contributed by atoms with Gasteiger partial charge in [0.25, 0.3) is 5.91 Å². The Morgan fingerprint density at radius 2 is 1.65 bits per heavy atom. The zero-order valence-corrected chi connectivity index (χ0v) is 24.7. The standard InChI is InChI=1S/C30H30Cl2FNO5S/c1-28(2,37)20-12-23-26(24(33)13-20)30(16-29(17-35)10-11-29,19-5-8-21(31)9-6-19)34(27(23)36)15-18-4-7-22(32)14-25(18)40(3,38)39/h4-9,12-14,35,37H,10-11,15-17H2,1-3H3/t30-/m1/s1. The number of rotatable bonds is 8. The van der Waals surface area contributed by atoms with Gasteiger partial charge in [-0.1, -0.05) is 41.4 Å². The quantitative estimate of drug-likeness (QED) is 0.337. The molecule has 10 heteroatoms. The molecule has 0 bridgehead atoms. The Morgan fingerprint density at radius 1 is 1.02 bits per heavy atom. The number of aliphatic hydroxyl groups excluding tert-OH is 1. The van der Waals surface area contributed by atoms with Gasteiger partial charge in [0.15, 0.2) is 9.84 Å². The molecule has 0 unspecified atom stereocenters. The van der Waals surface area contributed by atoms with E-state index in [0.29, 0.717) is 29.0 Å². The number of carbonyl (C=O) groups is 1. The Kier molecular flexibility index (Phi) is 7.12. The zero-order valence-electron chi connectivity index (χ0n) is 22.3. The van der Waals surface area contributed by atoms with E-state index in [1.807, 2.05) is 0 Å². The fourth-order valence-corrected chi connectivity index (χ4v) is 7.12. The smallest absolute Gasteiger partial charge is 0.255 e. The van der Waals surface area contributed by atoms with Crippen molar-refractivity contribution in [3.05, 3.63) is 98.3 Å². The summed E-state index contributed by atoms with van der Waals surface area (Å²) in [6, 6.07) is 14.0. The number of hydrogen-bond donors (Lipinski definition) is 2. The van der Waals surface area contributed by atoms with Crippen LogP contribution in [0.1, 0.15) is 65.7 Å². The number of sulfone groups is 1. The van der Waals surface area contributed by atoms with Gasteiger partial charge in [-0.05, 0) is 91.6 Å². The van der Waals surface area contributed by atoms with Crippen LogP contribution in [0.5, 0.6) is 0 Å². The lowest BCUT2D eigenvalue weighted by Crippen LogP contribution is -2.47. The molecule has 40 heavy (non-hydrogen) atoms. The van der Waals surface area contributed by atoms with Crippen LogP contribution in [0.25, 0.3) is 0 Å². The number of hydrogen-bond acceptors (Lipinski definition) is 5. The molecule has 1 aliphatic heterocycles. The SMILES string of the molecule is CC(C)(O)c1cc(F)c2c(c1)C(=O)N(Cc1ccc(Cl)cc1S(C)(=O)=O)[C@]2(CC1(CO)CC1)c1ccc(Cl)cc1. The van der Waals surface area contributed by atoms with Crippen LogP contribution < -0.4 is 0 Å². The minimum absolute atomic E-state index is 0.0327. The molecule has 0 spiro atoms. The molecule has 1 fully saturated rings. The second-order valence-electron chi connectivity index (χ2n) is 11.6. The van der Waals surface area contributed by atoms with E-state index in [4.69, 9.17) is 23.2 Å². The third kappa shape index (κ3) is 4.94. The predicted molar refractivity (Wildman–Crippen MR) is 152 cm³/mol. The van der Waals surface area contributed by atoms with Crippen LogP contribution in [0.3, 0.4) is 0 Å². The molecule has 0 saturated heterocycles. The number of amides is 1. The molecule has 1 amide bonds. The summed E-state index contributed by atoms with van der Waals surface area (Å²) in [5.74, 6) is -1.19. The van der Waals surface area contributed by atoms with Crippen molar-refractivity contribution in [1.29, 1.82) is 0 Å². The number of benzene rings is 3. The molecule has 2 aliphatic rings. The summed E-state index contributed by atoms with van der Waals surface area (Å²) in [4.78, 5) is 15.8. The van der Waals surface area contributed by atoms with Gasteiger partial charge in [-0.2, -0.15) is 0 Å². The lowest BCUT2D eigenvalue weighted by molar-refractivity contribution is 0.0478. The van der Waals surface area contributed by atoms with Crippen molar-refractivity contribution < 1.29 is 27.8 Å². The molecule has 1 atom stereocenters. The van der Waals surface area contributed by atoms with E-state index in [9.17, 15) is 23.4 Å². The normalized spacial score (nSPS) is 20.1. The Labute approximate surface area is 243 Å². The average molecular weight is 607 g/mol. The number of fused-ring (bicyclic) bond motifs is 1. The molecule has 1 heterocycles. The average Bonchev–Trinajstić information content (AvgIpc) is 3.60. The molecule has 2 N–H and O–H groups in total. The van der Waals surface area contributed by atoms with Gasteiger partial charge in [0.05, 0.1) is 16.0 Å². The summed E-state index contributed by atoms with van der Waals surface area (Å²) in [6.07, 6.45) is 2.65. The first-order chi connectivity index (χ1) is 18.6. The number of nitrogens with zero attached hydrogens (tertiary/aromatic N) is 1. The fraction of sp³-hybridized carbons (Fsp3) is 0.367. The molecule has 6 nitrogen and oxygen atoms in total. The van der Waals surface area contributed by atoms with Crippen molar-refractivity contribution >= 4 is 38.9 Å². The van der Waals surface area contributed by atoms with Crippen molar-refractivity contribution in [2.75, 3.05) is 12.9 Å². The largest absolute Gasteiger partial charge is 0.396 e. The Balaban J connectivity index is 1.82. The van der Waals surface area contributed by atoms with E-state index in [1.165, 1.54) is 36.9 Å². The van der Waals surface area contributed by atoms with Gasteiger partial charge in [0.2, 0.25) is 0 Å².